The van der Waals surface area contributed by atoms with Gasteiger partial charge in [0.2, 0.25) is 5.91 Å². The number of carbonyl (C=O) groups is 2. The van der Waals surface area contributed by atoms with Gasteiger partial charge in [0, 0.05) is 44.1 Å². The minimum atomic E-state index is -0.389. The first-order chi connectivity index (χ1) is 15.1. The summed E-state index contributed by atoms with van der Waals surface area (Å²) in [6.45, 7) is 1.31. The number of imidazole rings is 1. The highest BCUT2D eigenvalue weighted by Gasteiger charge is 2.23. The van der Waals surface area contributed by atoms with Crippen LogP contribution in [0.2, 0.25) is 0 Å². The molecule has 1 aliphatic heterocycles. The molecule has 0 saturated carbocycles. The normalized spacial score (nSPS) is 12.5. The van der Waals surface area contributed by atoms with Crippen LogP contribution >= 0.6 is 0 Å². The van der Waals surface area contributed by atoms with Crippen LogP contribution in [0.3, 0.4) is 0 Å². The fourth-order valence-corrected chi connectivity index (χ4v) is 3.69. The number of hydrogen-bond acceptors (Lipinski definition) is 3. The molecule has 31 heavy (non-hydrogen) atoms. The number of aromatic nitrogens is 2. The van der Waals surface area contributed by atoms with Crippen molar-refractivity contribution in [2.45, 2.75) is 25.8 Å². The fraction of sp³-hybridized carbons (Fsp3) is 0.261. The second kappa shape index (κ2) is 9.42. The minimum absolute atomic E-state index is 0.0700. The van der Waals surface area contributed by atoms with Crippen molar-refractivity contribution >= 4 is 17.6 Å². The molecule has 0 unspecified atom stereocenters. The van der Waals surface area contributed by atoms with Gasteiger partial charge < -0.3 is 20.1 Å². The van der Waals surface area contributed by atoms with Gasteiger partial charge in [0.1, 0.15) is 5.82 Å². The van der Waals surface area contributed by atoms with Crippen LogP contribution in [0.25, 0.3) is 5.69 Å². The Hall–Kier alpha value is -3.68. The number of urea groups is 1. The molecule has 0 bridgehead atoms. The van der Waals surface area contributed by atoms with Crippen LogP contribution in [0.1, 0.15) is 24.0 Å². The Morgan fingerprint density at radius 2 is 1.97 bits per heavy atom. The molecule has 7 nitrogen and oxygen atoms in total. The predicted molar refractivity (Wildman–Crippen MR) is 115 cm³/mol. The van der Waals surface area contributed by atoms with Gasteiger partial charge in [-0.1, -0.05) is 24.3 Å². The number of anilines is 1. The van der Waals surface area contributed by atoms with E-state index >= 15 is 0 Å². The second-order valence-electron chi connectivity index (χ2n) is 7.39. The van der Waals surface area contributed by atoms with Gasteiger partial charge in [-0.2, -0.15) is 0 Å². The average Bonchev–Trinajstić information content (AvgIpc) is 3.45. The van der Waals surface area contributed by atoms with Gasteiger partial charge in [0.05, 0.1) is 12.0 Å². The Balaban J connectivity index is 1.17. The quantitative estimate of drug-likeness (QED) is 0.575. The van der Waals surface area contributed by atoms with Gasteiger partial charge in [-0.25, -0.2) is 14.2 Å². The molecule has 4 rings (SSSR count). The Morgan fingerprint density at radius 1 is 1.10 bits per heavy atom. The monoisotopic (exact) mass is 421 g/mol. The maximum absolute atomic E-state index is 14.3. The largest absolute Gasteiger partial charge is 0.338 e. The summed E-state index contributed by atoms with van der Waals surface area (Å²) in [6.07, 6.45) is 6.58. The van der Waals surface area contributed by atoms with Crippen LogP contribution in [0.4, 0.5) is 14.9 Å². The van der Waals surface area contributed by atoms with Crippen LogP contribution in [0.5, 0.6) is 0 Å². The SMILES string of the molecule is O=C(NCCCC(=O)N1CCc2ccccc21)NCc1ccc(-n2ccnc2)c(F)c1. The predicted octanol–water partition coefficient (Wildman–Crippen LogP) is 3.18. The van der Waals surface area contributed by atoms with E-state index in [1.165, 1.54) is 18.0 Å². The highest BCUT2D eigenvalue weighted by atomic mass is 19.1. The van der Waals surface area contributed by atoms with E-state index in [0.29, 0.717) is 37.2 Å². The standard InChI is InChI=1S/C23H24FN5O2/c24-19-14-17(7-8-21(19)28-13-11-25-16-28)15-27-23(31)26-10-3-6-22(30)29-12-9-18-4-1-2-5-20(18)29/h1-2,4-5,7-8,11,13-14,16H,3,6,9-10,12,15H2,(H2,26,27,31). The Kier molecular flexibility index (Phi) is 6.26. The van der Waals surface area contributed by atoms with E-state index in [4.69, 9.17) is 0 Å². The van der Waals surface area contributed by atoms with Crippen molar-refractivity contribution in [2.24, 2.45) is 0 Å². The molecule has 3 amide bonds. The van der Waals surface area contributed by atoms with E-state index in [9.17, 15) is 14.0 Å². The molecule has 0 aliphatic carbocycles. The fourth-order valence-electron chi connectivity index (χ4n) is 3.69. The van der Waals surface area contributed by atoms with Crippen LogP contribution < -0.4 is 15.5 Å². The summed E-state index contributed by atoms with van der Waals surface area (Å²) in [5, 5.41) is 5.44. The minimum Gasteiger partial charge on any atom is -0.338 e. The zero-order chi connectivity index (χ0) is 21.6. The van der Waals surface area contributed by atoms with Gasteiger partial charge in [0.15, 0.2) is 0 Å². The van der Waals surface area contributed by atoms with E-state index in [1.54, 1.807) is 29.1 Å². The maximum atomic E-state index is 14.3. The lowest BCUT2D eigenvalue weighted by Gasteiger charge is -2.17. The smallest absolute Gasteiger partial charge is 0.315 e. The van der Waals surface area contributed by atoms with E-state index in [2.05, 4.69) is 15.6 Å². The number of benzene rings is 2. The highest BCUT2D eigenvalue weighted by Crippen LogP contribution is 2.28. The Bertz CT molecular complexity index is 1070. The molecule has 0 spiro atoms. The number of nitrogens with one attached hydrogen (secondary N) is 2. The number of carbonyl (C=O) groups excluding carboxylic acids is 2. The van der Waals surface area contributed by atoms with Crippen LogP contribution in [0.15, 0.2) is 61.2 Å². The van der Waals surface area contributed by atoms with Crippen LogP contribution in [-0.2, 0) is 17.8 Å². The van der Waals surface area contributed by atoms with Crippen molar-refractivity contribution in [3.63, 3.8) is 0 Å². The van der Waals surface area contributed by atoms with Gasteiger partial charge in [-0.05, 0) is 42.2 Å². The molecule has 3 aromatic rings. The van der Waals surface area contributed by atoms with Gasteiger partial charge >= 0.3 is 6.03 Å². The van der Waals surface area contributed by atoms with E-state index < -0.39 is 0 Å². The third-order valence-electron chi connectivity index (χ3n) is 5.29. The maximum Gasteiger partial charge on any atom is 0.315 e. The van der Waals surface area contributed by atoms with Gasteiger partial charge in [-0.15, -0.1) is 0 Å². The molecule has 1 aromatic heterocycles. The van der Waals surface area contributed by atoms with Gasteiger partial charge in [-0.3, -0.25) is 4.79 Å². The topological polar surface area (TPSA) is 79.3 Å². The Labute approximate surface area is 179 Å². The van der Waals surface area contributed by atoms with Crippen molar-refractivity contribution < 1.29 is 14.0 Å². The molecule has 0 atom stereocenters. The summed E-state index contributed by atoms with van der Waals surface area (Å²) in [6, 6.07) is 12.4. The first kappa shape index (κ1) is 20.6. The van der Waals surface area contributed by atoms with Crippen molar-refractivity contribution in [3.8, 4) is 5.69 Å². The summed E-state index contributed by atoms with van der Waals surface area (Å²) in [5.74, 6) is -0.319. The Morgan fingerprint density at radius 3 is 2.77 bits per heavy atom. The van der Waals surface area contributed by atoms with Crippen molar-refractivity contribution in [3.05, 3.63) is 78.1 Å². The third kappa shape index (κ3) is 4.91. The number of hydrogen-bond donors (Lipinski definition) is 2. The van der Waals surface area contributed by atoms with Gasteiger partial charge in [0.25, 0.3) is 0 Å². The molecule has 2 N–H and O–H groups in total. The molecule has 2 aromatic carbocycles. The lowest BCUT2D eigenvalue weighted by atomic mass is 10.2. The lowest BCUT2D eigenvalue weighted by Crippen LogP contribution is -2.36. The third-order valence-corrected chi connectivity index (χ3v) is 5.29. The number of halogens is 1. The molecule has 0 radical (unpaired) electrons. The lowest BCUT2D eigenvalue weighted by molar-refractivity contribution is -0.118. The zero-order valence-electron chi connectivity index (χ0n) is 17.1. The number of para-hydroxylation sites is 1. The van der Waals surface area contributed by atoms with E-state index in [0.717, 1.165) is 12.1 Å². The highest BCUT2D eigenvalue weighted by molar-refractivity contribution is 5.95. The van der Waals surface area contributed by atoms with Crippen LogP contribution in [0, 0.1) is 5.82 Å². The molecule has 2 heterocycles. The first-order valence-electron chi connectivity index (χ1n) is 10.3. The number of rotatable bonds is 7. The van der Waals surface area contributed by atoms with Crippen molar-refractivity contribution in [2.75, 3.05) is 18.0 Å². The summed E-state index contributed by atoms with van der Waals surface area (Å²) >= 11 is 0. The molecular weight excluding hydrogens is 397 g/mol. The van der Waals surface area contributed by atoms with E-state index in [-0.39, 0.29) is 24.3 Å². The summed E-state index contributed by atoms with van der Waals surface area (Å²) < 4.78 is 15.9. The summed E-state index contributed by atoms with van der Waals surface area (Å²) in [5.41, 5.74) is 3.24. The molecule has 160 valence electrons. The summed E-state index contributed by atoms with van der Waals surface area (Å²) in [7, 11) is 0. The second-order valence-corrected chi connectivity index (χ2v) is 7.39. The van der Waals surface area contributed by atoms with Crippen molar-refractivity contribution in [1.82, 2.24) is 20.2 Å². The van der Waals surface area contributed by atoms with E-state index in [1.807, 2.05) is 29.2 Å². The molecule has 8 heteroatoms. The molecular formula is C23H24FN5O2. The van der Waals surface area contributed by atoms with Crippen LogP contribution in [-0.4, -0.2) is 34.6 Å². The number of nitrogens with zero attached hydrogens (tertiary/aromatic N) is 3. The number of amides is 3. The number of fused-ring (bicyclic) bond motifs is 1. The molecule has 1 aliphatic rings. The zero-order valence-corrected chi connectivity index (χ0v) is 17.1. The average molecular weight is 421 g/mol. The van der Waals surface area contributed by atoms with Crippen molar-refractivity contribution in [1.29, 1.82) is 0 Å². The first-order valence-corrected chi connectivity index (χ1v) is 10.3. The summed E-state index contributed by atoms with van der Waals surface area (Å²) in [4.78, 5) is 30.2. The molecule has 0 saturated heterocycles. The molecule has 0 fully saturated rings.